The third-order valence-electron chi connectivity index (χ3n) is 3.72. The number of carbonyl (C=O) groups is 1. The summed E-state index contributed by atoms with van der Waals surface area (Å²) in [7, 11) is -4.03. The van der Waals surface area contributed by atoms with Gasteiger partial charge in [-0.2, -0.15) is 4.31 Å². The SMILES string of the molecule is CC(C)COC(=O)C1CCN(S(=O)(=O)c2ccccc2[N+](=O)[O-])C1. The monoisotopic (exact) mass is 356 g/mol. The molecule has 0 aliphatic carbocycles. The summed E-state index contributed by atoms with van der Waals surface area (Å²) in [5.74, 6) is -0.771. The number of hydrogen-bond donors (Lipinski definition) is 0. The summed E-state index contributed by atoms with van der Waals surface area (Å²) in [5, 5.41) is 11.1. The lowest BCUT2D eigenvalue weighted by molar-refractivity contribution is -0.387. The van der Waals surface area contributed by atoms with Crippen molar-refractivity contribution in [1.29, 1.82) is 0 Å². The number of ether oxygens (including phenoxy) is 1. The van der Waals surface area contributed by atoms with Crippen molar-refractivity contribution in [3.8, 4) is 0 Å². The zero-order chi connectivity index (χ0) is 17.9. The lowest BCUT2D eigenvalue weighted by Crippen LogP contribution is -2.31. The third kappa shape index (κ3) is 3.90. The van der Waals surface area contributed by atoms with E-state index in [-0.39, 0.29) is 30.5 Å². The average Bonchev–Trinajstić information content (AvgIpc) is 3.03. The van der Waals surface area contributed by atoms with E-state index in [9.17, 15) is 23.3 Å². The Kier molecular flexibility index (Phi) is 5.55. The highest BCUT2D eigenvalue weighted by molar-refractivity contribution is 7.89. The standard InChI is InChI=1S/C15H20N2O6S/c1-11(2)10-23-15(18)12-7-8-16(9-12)24(21,22)14-6-4-3-5-13(14)17(19)20/h3-6,11-12H,7-10H2,1-2H3. The van der Waals surface area contributed by atoms with Gasteiger partial charge in [-0.05, 0) is 18.4 Å². The largest absolute Gasteiger partial charge is 0.465 e. The van der Waals surface area contributed by atoms with Gasteiger partial charge in [0.2, 0.25) is 10.0 Å². The lowest BCUT2D eigenvalue weighted by atomic mass is 10.1. The molecule has 0 saturated carbocycles. The molecule has 1 atom stereocenters. The number of rotatable bonds is 6. The molecule has 0 amide bonds. The predicted octanol–water partition coefficient (Wildman–Crippen LogP) is 1.80. The molecule has 132 valence electrons. The number of nitro benzene ring substituents is 1. The second kappa shape index (κ2) is 7.27. The Labute approximate surface area is 140 Å². The predicted molar refractivity (Wildman–Crippen MR) is 85.8 cm³/mol. The Bertz CT molecular complexity index is 731. The molecule has 2 rings (SSSR count). The van der Waals surface area contributed by atoms with Crippen molar-refractivity contribution < 1.29 is 22.9 Å². The van der Waals surface area contributed by atoms with Crippen molar-refractivity contribution in [2.24, 2.45) is 11.8 Å². The van der Waals surface area contributed by atoms with Gasteiger partial charge in [0.05, 0.1) is 17.4 Å². The van der Waals surface area contributed by atoms with Gasteiger partial charge >= 0.3 is 5.97 Å². The molecule has 1 aliphatic rings. The quantitative estimate of drug-likeness (QED) is 0.437. The van der Waals surface area contributed by atoms with E-state index in [1.165, 1.54) is 18.2 Å². The molecule has 1 fully saturated rings. The molecule has 0 spiro atoms. The second-order valence-corrected chi connectivity index (χ2v) is 8.00. The summed E-state index contributed by atoms with van der Waals surface area (Å²) in [6.07, 6.45) is 0.344. The minimum Gasteiger partial charge on any atom is -0.465 e. The van der Waals surface area contributed by atoms with E-state index >= 15 is 0 Å². The Morgan fingerprint density at radius 1 is 1.42 bits per heavy atom. The molecule has 1 aliphatic heterocycles. The van der Waals surface area contributed by atoms with Gasteiger partial charge in [-0.15, -0.1) is 0 Å². The van der Waals surface area contributed by atoms with Crippen LogP contribution in [0.5, 0.6) is 0 Å². The first-order valence-corrected chi connectivity index (χ1v) is 9.07. The van der Waals surface area contributed by atoms with Crippen molar-refractivity contribution in [3.05, 3.63) is 34.4 Å². The van der Waals surface area contributed by atoms with Gasteiger partial charge in [0, 0.05) is 19.2 Å². The normalized spacial score (nSPS) is 18.7. The lowest BCUT2D eigenvalue weighted by Gasteiger charge is -2.16. The van der Waals surface area contributed by atoms with Crippen molar-refractivity contribution in [2.75, 3.05) is 19.7 Å². The maximum absolute atomic E-state index is 12.7. The van der Waals surface area contributed by atoms with Crippen molar-refractivity contribution in [2.45, 2.75) is 25.2 Å². The van der Waals surface area contributed by atoms with Crippen molar-refractivity contribution in [3.63, 3.8) is 0 Å². The van der Waals surface area contributed by atoms with E-state index in [0.29, 0.717) is 6.42 Å². The first-order chi connectivity index (χ1) is 11.2. The second-order valence-electron chi connectivity index (χ2n) is 6.10. The molecule has 1 aromatic rings. The van der Waals surface area contributed by atoms with Crippen molar-refractivity contribution >= 4 is 21.7 Å². The number of esters is 1. The molecule has 1 unspecified atom stereocenters. The topological polar surface area (TPSA) is 107 Å². The fourth-order valence-corrected chi connectivity index (χ4v) is 4.13. The van der Waals surface area contributed by atoms with E-state index < -0.39 is 32.5 Å². The van der Waals surface area contributed by atoms with E-state index in [2.05, 4.69) is 0 Å². The van der Waals surface area contributed by atoms with E-state index in [4.69, 9.17) is 4.74 Å². The number of benzene rings is 1. The Hall–Kier alpha value is -2.00. The average molecular weight is 356 g/mol. The molecule has 1 heterocycles. The summed E-state index contributed by atoms with van der Waals surface area (Å²) in [5.41, 5.74) is -0.469. The minimum atomic E-state index is -4.03. The Balaban J connectivity index is 2.15. The van der Waals surface area contributed by atoms with Gasteiger partial charge in [-0.1, -0.05) is 26.0 Å². The van der Waals surface area contributed by atoms with Gasteiger partial charge in [-0.25, -0.2) is 8.42 Å². The fourth-order valence-electron chi connectivity index (χ4n) is 2.47. The highest BCUT2D eigenvalue weighted by Crippen LogP contribution is 2.30. The van der Waals surface area contributed by atoms with E-state index in [1.807, 2.05) is 13.8 Å². The van der Waals surface area contributed by atoms with Crippen LogP contribution in [0.15, 0.2) is 29.2 Å². The molecular weight excluding hydrogens is 336 g/mol. The van der Waals surface area contributed by atoms with Gasteiger partial charge < -0.3 is 4.74 Å². The highest BCUT2D eigenvalue weighted by Gasteiger charge is 2.39. The van der Waals surface area contributed by atoms with Gasteiger partial charge in [0.15, 0.2) is 4.90 Å². The van der Waals surface area contributed by atoms with Gasteiger partial charge in [-0.3, -0.25) is 14.9 Å². The molecule has 0 aromatic heterocycles. The zero-order valence-corrected chi connectivity index (χ0v) is 14.4. The molecule has 0 radical (unpaired) electrons. The minimum absolute atomic E-state index is 0.0225. The summed E-state index contributed by atoms with van der Waals surface area (Å²) in [6, 6.07) is 5.20. The van der Waals surface area contributed by atoms with Crippen LogP contribution in [0.1, 0.15) is 20.3 Å². The molecule has 24 heavy (non-hydrogen) atoms. The molecule has 9 heteroatoms. The first kappa shape index (κ1) is 18.3. The molecule has 0 bridgehead atoms. The van der Waals surface area contributed by atoms with Crippen LogP contribution in [0, 0.1) is 22.0 Å². The number of sulfonamides is 1. The maximum atomic E-state index is 12.7. The zero-order valence-electron chi connectivity index (χ0n) is 13.5. The molecule has 1 aromatic carbocycles. The number of hydrogen-bond acceptors (Lipinski definition) is 6. The van der Waals surface area contributed by atoms with E-state index in [1.54, 1.807) is 0 Å². The maximum Gasteiger partial charge on any atom is 0.310 e. The van der Waals surface area contributed by atoms with Crippen LogP contribution < -0.4 is 0 Å². The number of para-hydroxylation sites is 1. The van der Waals surface area contributed by atoms with Crippen LogP contribution in [-0.2, 0) is 19.6 Å². The summed E-state index contributed by atoms with van der Waals surface area (Å²) < 4.78 is 31.6. The fraction of sp³-hybridized carbons (Fsp3) is 0.533. The van der Waals surface area contributed by atoms with Crippen LogP contribution in [0.4, 0.5) is 5.69 Å². The summed E-state index contributed by atoms with van der Waals surface area (Å²) >= 11 is 0. The first-order valence-electron chi connectivity index (χ1n) is 7.63. The molecule has 1 saturated heterocycles. The van der Waals surface area contributed by atoms with Crippen LogP contribution in [0.2, 0.25) is 0 Å². The summed E-state index contributed by atoms with van der Waals surface area (Å²) in [6.45, 7) is 4.22. The van der Waals surface area contributed by atoms with Crippen LogP contribution in [-0.4, -0.2) is 43.3 Å². The Morgan fingerprint density at radius 3 is 2.71 bits per heavy atom. The Morgan fingerprint density at radius 2 is 2.08 bits per heavy atom. The van der Waals surface area contributed by atoms with Gasteiger partial charge in [0.25, 0.3) is 5.69 Å². The molecule has 0 N–H and O–H groups in total. The highest BCUT2D eigenvalue weighted by atomic mass is 32.2. The number of carbonyl (C=O) groups excluding carboxylic acids is 1. The smallest absolute Gasteiger partial charge is 0.310 e. The van der Waals surface area contributed by atoms with Crippen LogP contribution in [0.25, 0.3) is 0 Å². The molecule has 8 nitrogen and oxygen atoms in total. The number of nitrogens with zero attached hydrogens (tertiary/aromatic N) is 2. The summed E-state index contributed by atoms with van der Waals surface area (Å²) in [4.78, 5) is 22.0. The van der Waals surface area contributed by atoms with Crippen LogP contribution >= 0.6 is 0 Å². The van der Waals surface area contributed by atoms with Gasteiger partial charge in [0.1, 0.15) is 0 Å². The third-order valence-corrected chi connectivity index (χ3v) is 5.64. The van der Waals surface area contributed by atoms with Crippen LogP contribution in [0.3, 0.4) is 0 Å². The number of nitro groups is 1. The van der Waals surface area contributed by atoms with Crippen molar-refractivity contribution in [1.82, 2.24) is 4.31 Å². The van der Waals surface area contributed by atoms with E-state index in [0.717, 1.165) is 10.4 Å². The molecular formula is C15H20N2O6S.